The lowest BCUT2D eigenvalue weighted by Crippen LogP contribution is -2.17. The van der Waals surface area contributed by atoms with Gasteiger partial charge in [-0.2, -0.15) is 0 Å². The van der Waals surface area contributed by atoms with Crippen LogP contribution in [-0.2, 0) is 0 Å². The van der Waals surface area contributed by atoms with Crippen LogP contribution in [0.4, 0.5) is 5.82 Å². The minimum absolute atomic E-state index is 0.0185. The lowest BCUT2D eigenvalue weighted by molar-refractivity contribution is 0.0997. The van der Waals surface area contributed by atoms with Gasteiger partial charge in [-0.25, -0.2) is 9.66 Å². The average molecular weight is 155 g/mol. The molecule has 6 nitrogen and oxygen atoms in total. The van der Waals surface area contributed by atoms with Crippen molar-refractivity contribution in [2.24, 2.45) is 5.73 Å². The van der Waals surface area contributed by atoms with Crippen molar-refractivity contribution in [3.63, 3.8) is 0 Å². The van der Waals surface area contributed by atoms with Crippen LogP contribution >= 0.6 is 0 Å². The van der Waals surface area contributed by atoms with Crippen LogP contribution in [0.1, 0.15) is 16.3 Å². The van der Waals surface area contributed by atoms with Crippen LogP contribution in [0.15, 0.2) is 0 Å². The molecule has 6 N–H and O–H groups in total. The molecule has 60 valence electrons. The van der Waals surface area contributed by atoms with Crippen LogP contribution in [-0.4, -0.2) is 15.6 Å². The van der Waals surface area contributed by atoms with Crippen molar-refractivity contribution in [2.75, 3.05) is 11.6 Å². The molecular formula is C5H9N5O. The number of carbonyl (C=O) groups excluding carboxylic acids is 1. The molecule has 0 saturated carbocycles. The molecule has 11 heavy (non-hydrogen) atoms. The van der Waals surface area contributed by atoms with E-state index in [1.807, 2.05) is 0 Å². The first kappa shape index (κ1) is 7.39. The van der Waals surface area contributed by atoms with Crippen molar-refractivity contribution in [1.82, 2.24) is 9.66 Å². The van der Waals surface area contributed by atoms with Gasteiger partial charge in [0.2, 0.25) is 0 Å². The van der Waals surface area contributed by atoms with E-state index in [4.69, 9.17) is 17.3 Å². The fraction of sp³-hybridized carbons (Fsp3) is 0.200. The van der Waals surface area contributed by atoms with E-state index in [2.05, 4.69) is 4.98 Å². The number of rotatable bonds is 1. The van der Waals surface area contributed by atoms with E-state index in [1.54, 1.807) is 6.92 Å². The summed E-state index contributed by atoms with van der Waals surface area (Å²) < 4.78 is 1.11. The number of aromatic nitrogens is 2. The van der Waals surface area contributed by atoms with Gasteiger partial charge in [-0.15, -0.1) is 0 Å². The number of nitrogens with two attached hydrogens (primary N) is 3. The number of aryl methyl sites for hydroxylation is 1. The van der Waals surface area contributed by atoms with Crippen molar-refractivity contribution >= 4 is 11.7 Å². The van der Waals surface area contributed by atoms with Crippen LogP contribution < -0.4 is 17.3 Å². The molecule has 0 aliphatic rings. The third kappa shape index (κ3) is 0.977. The number of nitrogen functional groups attached to an aromatic ring is 2. The highest BCUT2D eigenvalue weighted by molar-refractivity contribution is 5.95. The monoisotopic (exact) mass is 155 g/mol. The summed E-state index contributed by atoms with van der Waals surface area (Å²) in [6, 6.07) is 0. The number of hydrogen-bond acceptors (Lipinski definition) is 4. The van der Waals surface area contributed by atoms with Gasteiger partial charge in [0.15, 0.2) is 11.5 Å². The van der Waals surface area contributed by atoms with Crippen LogP contribution in [0.25, 0.3) is 0 Å². The van der Waals surface area contributed by atoms with Gasteiger partial charge in [0.05, 0.1) is 0 Å². The van der Waals surface area contributed by atoms with E-state index in [1.165, 1.54) is 0 Å². The number of hydrogen-bond donors (Lipinski definition) is 3. The predicted octanol–water partition coefficient (Wildman–Crippen LogP) is -1.41. The molecule has 0 saturated heterocycles. The van der Waals surface area contributed by atoms with Crippen molar-refractivity contribution in [3.05, 3.63) is 11.5 Å². The van der Waals surface area contributed by atoms with E-state index in [-0.39, 0.29) is 11.5 Å². The van der Waals surface area contributed by atoms with Gasteiger partial charge < -0.3 is 17.3 Å². The van der Waals surface area contributed by atoms with E-state index < -0.39 is 5.91 Å². The van der Waals surface area contributed by atoms with Gasteiger partial charge in [0.25, 0.3) is 5.91 Å². The van der Waals surface area contributed by atoms with E-state index in [0.29, 0.717) is 5.82 Å². The fourth-order valence-corrected chi connectivity index (χ4v) is 0.743. The molecule has 1 aromatic rings. The molecule has 0 unspecified atom stereocenters. The molecule has 1 aromatic heterocycles. The maximum Gasteiger partial charge on any atom is 0.271 e. The summed E-state index contributed by atoms with van der Waals surface area (Å²) in [7, 11) is 0. The Morgan fingerprint density at radius 3 is 2.36 bits per heavy atom. The van der Waals surface area contributed by atoms with Crippen LogP contribution in [0.5, 0.6) is 0 Å². The fourth-order valence-electron chi connectivity index (χ4n) is 0.743. The first-order valence-electron chi connectivity index (χ1n) is 2.93. The van der Waals surface area contributed by atoms with Crippen molar-refractivity contribution in [2.45, 2.75) is 6.92 Å². The molecule has 0 spiro atoms. The molecule has 0 aliphatic heterocycles. The zero-order chi connectivity index (χ0) is 8.59. The van der Waals surface area contributed by atoms with Gasteiger partial charge in [-0.3, -0.25) is 4.79 Å². The van der Waals surface area contributed by atoms with Gasteiger partial charge in [0, 0.05) is 0 Å². The Morgan fingerprint density at radius 1 is 1.64 bits per heavy atom. The molecule has 1 rings (SSSR count). The number of nitrogens with zero attached hydrogens (tertiary/aromatic N) is 2. The molecular weight excluding hydrogens is 146 g/mol. The lowest BCUT2D eigenvalue weighted by atomic mass is 10.4. The Hall–Kier alpha value is -1.72. The SMILES string of the molecule is Cc1nc(C(N)=O)c(N)n1N. The lowest BCUT2D eigenvalue weighted by Gasteiger charge is -1.95. The number of imidazole rings is 1. The summed E-state index contributed by atoms with van der Waals surface area (Å²) in [6.07, 6.45) is 0. The van der Waals surface area contributed by atoms with E-state index in [0.717, 1.165) is 4.68 Å². The van der Waals surface area contributed by atoms with E-state index in [9.17, 15) is 4.79 Å². The standard InChI is InChI=1S/C5H9N5O/c1-2-9-3(5(7)11)4(6)10(2)8/h6,8H2,1H3,(H2,7,11). The van der Waals surface area contributed by atoms with Gasteiger partial charge >= 0.3 is 0 Å². The highest BCUT2D eigenvalue weighted by Crippen LogP contribution is 2.08. The Morgan fingerprint density at radius 2 is 2.18 bits per heavy atom. The minimum Gasteiger partial charge on any atom is -0.382 e. The quantitative estimate of drug-likeness (QED) is 0.432. The molecule has 6 heteroatoms. The Labute approximate surface area is 63.0 Å². The third-order valence-electron chi connectivity index (χ3n) is 1.36. The number of carbonyl (C=O) groups is 1. The largest absolute Gasteiger partial charge is 0.382 e. The Bertz CT molecular complexity index is 302. The highest BCUT2D eigenvalue weighted by Gasteiger charge is 2.13. The molecule has 1 heterocycles. The van der Waals surface area contributed by atoms with Gasteiger partial charge in [0.1, 0.15) is 5.82 Å². The summed E-state index contributed by atoms with van der Waals surface area (Å²) in [6.45, 7) is 1.63. The summed E-state index contributed by atoms with van der Waals surface area (Å²) in [5.74, 6) is 5.24. The van der Waals surface area contributed by atoms with Gasteiger partial charge in [-0.05, 0) is 6.92 Å². The molecule has 1 amide bonds. The average Bonchev–Trinajstić information content (AvgIpc) is 2.17. The summed E-state index contributed by atoms with van der Waals surface area (Å²) in [5.41, 5.74) is 10.3. The second kappa shape index (κ2) is 2.15. The molecule has 0 bridgehead atoms. The minimum atomic E-state index is -0.671. The normalized spacial score (nSPS) is 9.91. The molecule has 0 radical (unpaired) electrons. The number of amides is 1. The molecule has 0 fully saturated rings. The maximum absolute atomic E-state index is 10.6. The second-order valence-electron chi connectivity index (χ2n) is 2.13. The second-order valence-corrected chi connectivity index (χ2v) is 2.13. The predicted molar refractivity (Wildman–Crippen MR) is 40.0 cm³/mol. The summed E-state index contributed by atoms with van der Waals surface area (Å²) >= 11 is 0. The molecule has 0 aliphatic carbocycles. The molecule has 0 atom stereocenters. The Balaban J connectivity index is 3.29. The first-order valence-corrected chi connectivity index (χ1v) is 2.93. The first-order chi connectivity index (χ1) is 5.04. The third-order valence-corrected chi connectivity index (χ3v) is 1.36. The Kier molecular flexibility index (Phi) is 1.45. The topological polar surface area (TPSA) is 113 Å². The number of primary amides is 1. The van der Waals surface area contributed by atoms with Gasteiger partial charge in [-0.1, -0.05) is 0 Å². The van der Waals surface area contributed by atoms with Crippen molar-refractivity contribution < 1.29 is 4.79 Å². The smallest absolute Gasteiger partial charge is 0.271 e. The highest BCUT2D eigenvalue weighted by atomic mass is 16.1. The van der Waals surface area contributed by atoms with Crippen LogP contribution in [0, 0.1) is 6.92 Å². The molecule has 0 aromatic carbocycles. The number of anilines is 1. The summed E-state index contributed by atoms with van der Waals surface area (Å²) in [5, 5.41) is 0. The van der Waals surface area contributed by atoms with Crippen LogP contribution in [0.3, 0.4) is 0 Å². The van der Waals surface area contributed by atoms with E-state index >= 15 is 0 Å². The maximum atomic E-state index is 10.6. The van der Waals surface area contributed by atoms with Crippen LogP contribution in [0.2, 0.25) is 0 Å². The summed E-state index contributed by atoms with van der Waals surface area (Å²) in [4.78, 5) is 14.3. The van der Waals surface area contributed by atoms with Crippen molar-refractivity contribution in [3.8, 4) is 0 Å². The zero-order valence-electron chi connectivity index (χ0n) is 6.03. The van der Waals surface area contributed by atoms with Crippen molar-refractivity contribution in [1.29, 1.82) is 0 Å². The zero-order valence-corrected chi connectivity index (χ0v) is 6.03.